The molecule has 1 rings (SSSR count). The second kappa shape index (κ2) is 8.27. The fourth-order valence-corrected chi connectivity index (χ4v) is 1.85. The Morgan fingerprint density at radius 3 is 2.29 bits per heavy atom. The van der Waals surface area contributed by atoms with Crippen LogP contribution in [0.2, 0.25) is 0 Å². The fraction of sp³-hybridized carbons (Fsp3) is 0.429. The minimum atomic E-state index is -5.07. The highest BCUT2D eigenvalue weighted by molar-refractivity contribution is 5.97. The number of anilines is 1. The lowest BCUT2D eigenvalue weighted by molar-refractivity contribution is -0.384. The van der Waals surface area contributed by atoms with Crippen molar-refractivity contribution < 1.29 is 27.7 Å². The molecule has 1 aromatic rings. The molecule has 0 bridgehead atoms. The molecule has 0 aliphatic carbocycles. The van der Waals surface area contributed by atoms with Gasteiger partial charge in [0.05, 0.1) is 4.92 Å². The highest BCUT2D eigenvalue weighted by Crippen LogP contribution is 2.25. The van der Waals surface area contributed by atoms with E-state index in [1.807, 2.05) is 0 Å². The number of amides is 2. The zero-order valence-electron chi connectivity index (χ0n) is 12.8. The molecule has 132 valence electrons. The van der Waals surface area contributed by atoms with Crippen molar-refractivity contribution >= 4 is 23.2 Å². The van der Waals surface area contributed by atoms with Crippen LogP contribution in [0.15, 0.2) is 24.3 Å². The smallest absolute Gasteiger partial charge is 0.356 e. The van der Waals surface area contributed by atoms with E-state index in [0.717, 1.165) is 24.3 Å². The molecule has 0 radical (unpaired) electrons. The first-order valence-electron chi connectivity index (χ1n) is 7.06. The summed E-state index contributed by atoms with van der Waals surface area (Å²) in [5, 5.41) is 13.1. The standard InChI is InChI=1S/C14H16F3N3O4/c1-2-12(21)18-8-3-9-19(13(22)14(15,16)17)10-4-6-11(7-5-10)20(23)24/h4-7H,2-3,8-9H2,1H3,(H,18,21). The molecular formula is C14H16F3N3O4. The van der Waals surface area contributed by atoms with E-state index in [2.05, 4.69) is 5.32 Å². The molecule has 24 heavy (non-hydrogen) atoms. The Bertz CT molecular complexity index is 602. The molecule has 0 unspecified atom stereocenters. The first kappa shape index (κ1) is 19.4. The SMILES string of the molecule is CCC(=O)NCCCN(C(=O)C(F)(F)F)c1ccc([N+](=O)[O-])cc1. The second-order valence-electron chi connectivity index (χ2n) is 4.79. The number of non-ortho nitro benzene ring substituents is 1. The Labute approximate surface area is 135 Å². The van der Waals surface area contributed by atoms with Crippen molar-refractivity contribution in [2.75, 3.05) is 18.0 Å². The molecule has 0 spiro atoms. The van der Waals surface area contributed by atoms with Gasteiger partial charge in [-0.25, -0.2) is 0 Å². The number of hydrogen-bond donors (Lipinski definition) is 1. The average molecular weight is 347 g/mol. The Kier molecular flexibility index (Phi) is 6.69. The molecule has 0 heterocycles. The van der Waals surface area contributed by atoms with Crippen LogP contribution in [-0.4, -0.2) is 36.0 Å². The third-order valence-electron chi connectivity index (χ3n) is 3.06. The number of nitrogens with zero attached hydrogens (tertiary/aromatic N) is 2. The summed E-state index contributed by atoms with van der Waals surface area (Å²) in [6.45, 7) is 1.45. The summed E-state index contributed by atoms with van der Waals surface area (Å²) in [6.07, 6.45) is -4.73. The van der Waals surface area contributed by atoms with Gasteiger partial charge in [-0.05, 0) is 18.6 Å². The summed E-state index contributed by atoms with van der Waals surface area (Å²) >= 11 is 0. The van der Waals surface area contributed by atoms with Crippen molar-refractivity contribution in [3.05, 3.63) is 34.4 Å². The van der Waals surface area contributed by atoms with E-state index in [4.69, 9.17) is 0 Å². The normalized spacial score (nSPS) is 11.0. The molecule has 0 saturated carbocycles. The van der Waals surface area contributed by atoms with Crippen molar-refractivity contribution in [2.24, 2.45) is 0 Å². The summed E-state index contributed by atoms with van der Waals surface area (Å²) in [7, 11) is 0. The lowest BCUT2D eigenvalue weighted by Gasteiger charge is -2.23. The van der Waals surface area contributed by atoms with Crippen LogP contribution < -0.4 is 10.2 Å². The molecule has 1 N–H and O–H groups in total. The maximum absolute atomic E-state index is 12.7. The van der Waals surface area contributed by atoms with E-state index in [9.17, 15) is 32.9 Å². The van der Waals surface area contributed by atoms with Gasteiger partial charge in [0.1, 0.15) is 0 Å². The van der Waals surface area contributed by atoms with Crippen LogP contribution in [0.5, 0.6) is 0 Å². The summed E-state index contributed by atoms with van der Waals surface area (Å²) in [5.74, 6) is -2.32. The van der Waals surface area contributed by atoms with Gasteiger partial charge in [-0.1, -0.05) is 6.92 Å². The first-order chi connectivity index (χ1) is 11.2. The van der Waals surface area contributed by atoms with Crippen molar-refractivity contribution in [2.45, 2.75) is 25.9 Å². The van der Waals surface area contributed by atoms with Gasteiger partial charge in [-0.15, -0.1) is 0 Å². The second-order valence-corrected chi connectivity index (χ2v) is 4.79. The molecule has 0 atom stereocenters. The molecule has 0 aromatic heterocycles. The molecule has 0 saturated heterocycles. The molecule has 0 aliphatic rings. The number of carbonyl (C=O) groups excluding carboxylic acids is 2. The highest BCUT2D eigenvalue weighted by Gasteiger charge is 2.42. The van der Waals surface area contributed by atoms with Gasteiger partial charge in [0.25, 0.3) is 5.69 Å². The van der Waals surface area contributed by atoms with Gasteiger partial charge in [0.2, 0.25) is 5.91 Å². The van der Waals surface area contributed by atoms with Gasteiger partial charge in [0, 0.05) is 37.3 Å². The summed E-state index contributed by atoms with van der Waals surface area (Å²) in [6, 6.07) is 4.19. The van der Waals surface area contributed by atoms with E-state index in [-0.39, 0.29) is 43.2 Å². The molecule has 1 aromatic carbocycles. The largest absolute Gasteiger partial charge is 0.471 e. The molecule has 0 fully saturated rings. The number of nitrogens with one attached hydrogen (secondary N) is 1. The van der Waals surface area contributed by atoms with Crippen molar-refractivity contribution in [1.29, 1.82) is 0 Å². The lowest BCUT2D eigenvalue weighted by atomic mass is 10.2. The number of hydrogen-bond acceptors (Lipinski definition) is 4. The number of alkyl halides is 3. The molecule has 2 amide bonds. The van der Waals surface area contributed by atoms with Crippen LogP contribution in [0.1, 0.15) is 19.8 Å². The first-order valence-corrected chi connectivity index (χ1v) is 7.06. The lowest BCUT2D eigenvalue weighted by Crippen LogP contribution is -2.42. The van der Waals surface area contributed by atoms with Crippen LogP contribution in [0.3, 0.4) is 0 Å². The Hall–Kier alpha value is -2.65. The maximum atomic E-state index is 12.7. The maximum Gasteiger partial charge on any atom is 0.471 e. The van der Waals surface area contributed by atoms with Gasteiger partial charge in [-0.2, -0.15) is 13.2 Å². The van der Waals surface area contributed by atoms with Crippen LogP contribution in [-0.2, 0) is 9.59 Å². The van der Waals surface area contributed by atoms with Crippen molar-refractivity contribution in [3.63, 3.8) is 0 Å². The van der Waals surface area contributed by atoms with Crippen molar-refractivity contribution in [1.82, 2.24) is 5.32 Å². The van der Waals surface area contributed by atoms with E-state index in [0.29, 0.717) is 4.90 Å². The van der Waals surface area contributed by atoms with E-state index >= 15 is 0 Å². The number of carbonyl (C=O) groups is 2. The van der Waals surface area contributed by atoms with E-state index < -0.39 is 17.0 Å². The van der Waals surface area contributed by atoms with Crippen LogP contribution in [0, 0.1) is 10.1 Å². The van der Waals surface area contributed by atoms with Crippen LogP contribution in [0.25, 0.3) is 0 Å². The Morgan fingerprint density at radius 2 is 1.83 bits per heavy atom. The zero-order valence-corrected chi connectivity index (χ0v) is 12.8. The predicted octanol–water partition coefficient (Wildman–Crippen LogP) is 2.41. The number of nitro groups is 1. The van der Waals surface area contributed by atoms with Gasteiger partial charge >= 0.3 is 12.1 Å². The molecule has 10 heteroatoms. The third kappa shape index (κ3) is 5.52. The zero-order chi connectivity index (χ0) is 18.3. The molecule has 0 aliphatic heterocycles. The number of halogens is 3. The minimum Gasteiger partial charge on any atom is -0.356 e. The molecular weight excluding hydrogens is 331 g/mol. The van der Waals surface area contributed by atoms with Gasteiger partial charge in [0.15, 0.2) is 0 Å². The monoisotopic (exact) mass is 347 g/mol. The Morgan fingerprint density at radius 1 is 1.25 bits per heavy atom. The fourth-order valence-electron chi connectivity index (χ4n) is 1.85. The topological polar surface area (TPSA) is 92.6 Å². The van der Waals surface area contributed by atoms with Crippen molar-refractivity contribution in [3.8, 4) is 0 Å². The van der Waals surface area contributed by atoms with E-state index in [1.54, 1.807) is 6.92 Å². The number of nitro benzene ring substituents is 1. The third-order valence-corrected chi connectivity index (χ3v) is 3.06. The highest BCUT2D eigenvalue weighted by atomic mass is 19.4. The number of benzene rings is 1. The minimum absolute atomic E-state index is 0.102. The summed E-state index contributed by atoms with van der Waals surface area (Å²) in [5.41, 5.74) is -0.405. The molecule has 7 nitrogen and oxygen atoms in total. The quantitative estimate of drug-likeness (QED) is 0.466. The summed E-state index contributed by atoms with van der Waals surface area (Å²) < 4.78 is 38.1. The predicted molar refractivity (Wildman–Crippen MR) is 79.4 cm³/mol. The van der Waals surface area contributed by atoms with Crippen LogP contribution in [0.4, 0.5) is 24.5 Å². The average Bonchev–Trinajstić information content (AvgIpc) is 2.53. The van der Waals surface area contributed by atoms with Gasteiger partial charge < -0.3 is 10.2 Å². The van der Waals surface area contributed by atoms with Gasteiger partial charge in [-0.3, -0.25) is 19.7 Å². The van der Waals surface area contributed by atoms with E-state index in [1.165, 1.54) is 0 Å². The summed E-state index contributed by atoms with van der Waals surface area (Å²) in [4.78, 5) is 33.0. The Balaban J connectivity index is 2.87. The van der Waals surface area contributed by atoms with Crippen LogP contribution >= 0.6 is 0 Å². The number of rotatable bonds is 7.